The summed E-state index contributed by atoms with van der Waals surface area (Å²) in [7, 11) is 0. The van der Waals surface area contributed by atoms with E-state index < -0.39 is 23.3 Å². The van der Waals surface area contributed by atoms with Crippen LogP contribution in [-0.4, -0.2) is 34.0 Å². The summed E-state index contributed by atoms with van der Waals surface area (Å²) in [6.07, 6.45) is 2.70. The van der Waals surface area contributed by atoms with Gasteiger partial charge in [0.2, 0.25) is 5.82 Å². The minimum absolute atomic E-state index is 0.171. The first-order valence-corrected chi connectivity index (χ1v) is 7.79. The highest BCUT2D eigenvalue weighted by atomic mass is 19.2. The van der Waals surface area contributed by atoms with Gasteiger partial charge in [0.1, 0.15) is 0 Å². The third-order valence-corrected chi connectivity index (χ3v) is 5.28. The number of hydrogen-bond acceptors (Lipinski definition) is 4. The van der Waals surface area contributed by atoms with Crippen LogP contribution in [0.5, 0.6) is 0 Å². The summed E-state index contributed by atoms with van der Waals surface area (Å²) in [5.41, 5.74) is 0.0626. The van der Waals surface area contributed by atoms with Crippen LogP contribution in [0.3, 0.4) is 0 Å². The van der Waals surface area contributed by atoms with E-state index in [4.69, 9.17) is 0 Å². The number of carbonyl (C=O) groups is 1. The highest BCUT2D eigenvalue weighted by Crippen LogP contribution is 2.56. The van der Waals surface area contributed by atoms with Gasteiger partial charge in [0.25, 0.3) is 5.91 Å². The lowest BCUT2D eigenvalue weighted by atomic mass is 9.61. The predicted octanol–water partition coefficient (Wildman–Crippen LogP) is 2.05. The number of carbonyl (C=O) groups excluding carboxylic acids is 1. The van der Waals surface area contributed by atoms with Crippen molar-refractivity contribution >= 4 is 5.91 Å². The number of amides is 1. The zero-order valence-electron chi connectivity index (χ0n) is 12.7. The second-order valence-corrected chi connectivity index (χ2v) is 6.54. The molecule has 0 unspecified atom stereocenters. The Morgan fingerprint density at radius 2 is 2.17 bits per heavy atom. The minimum atomic E-state index is -0.882. The first kappa shape index (κ1) is 15.0. The molecule has 126 valence electrons. The van der Waals surface area contributed by atoms with Crippen molar-refractivity contribution in [3.05, 3.63) is 51.8 Å². The normalized spacial score (nSPS) is 21.9. The fraction of sp³-hybridized carbons (Fsp3) is 0.438. The molecule has 2 aliphatic rings. The third kappa shape index (κ3) is 2.16. The summed E-state index contributed by atoms with van der Waals surface area (Å²) in [4.78, 5) is 27.3. The molecule has 1 saturated heterocycles. The molecule has 1 aliphatic carbocycles. The number of rotatable bonds is 2. The molecule has 1 aromatic carbocycles. The first-order valence-electron chi connectivity index (χ1n) is 7.79. The van der Waals surface area contributed by atoms with E-state index in [0.717, 1.165) is 25.3 Å². The van der Waals surface area contributed by atoms with Crippen LogP contribution >= 0.6 is 0 Å². The Morgan fingerprint density at radius 3 is 2.79 bits per heavy atom. The van der Waals surface area contributed by atoms with E-state index in [1.165, 1.54) is 11.0 Å². The van der Waals surface area contributed by atoms with Crippen molar-refractivity contribution in [3.8, 4) is 0 Å². The molecule has 8 heteroatoms. The SMILES string of the molecule is O=C(c1noc(=O)[nH]1)N1C[C@H](c2cccc(F)c2F)C2(CCC2)C1. The molecule has 1 saturated carbocycles. The minimum Gasteiger partial charge on any atom is -0.335 e. The van der Waals surface area contributed by atoms with Crippen LogP contribution in [0.1, 0.15) is 41.4 Å². The zero-order chi connectivity index (χ0) is 16.9. The number of benzene rings is 1. The molecule has 0 radical (unpaired) electrons. The number of hydrogen-bond donors (Lipinski definition) is 1. The maximum absolute atomic E-state index is 14.3. The number of nitrogens with one attached hydrogen (secondary N) is 1. The molecule has 6 nitrogen and oxygen atoms in total. The van der Waals surface area contributed by atoms with Crippen LogP contribution in [0.25, 0.3) is 0 Å². The molecular formula is C16H15F2N3O3. The fourth-order valence-corrected chi connectivity index (χ4v) is 3.95. The molecular weight excluding hydrogens is 320 g/mol. The summed E-state index contributed by atoms with van der Waals surface area (Å²) < 4.78 is 32.2. The predicted molar refractivity (Wildman–Crippen MR) is 78.4 cm³/mol. The topological polar surface area (TPSA) is 79.2 Å². The molecule has 2 fully saturated rings. The lowest BCUT2D eigenvalue weighted by Gasteiger charge is -2.43. The number of aromatic nitrogens is 2. The van der Waals surface area contributed by atoms with E-state index in [-0.39, 0.29) is 23.7 Å². The Morgan fingerprint density at radius 1 is 1.38 bits per heavy atom. The maximum Gasteiger partial charge on any atom is 0.439 e. The molecule has 2 heterocycles. The summed E-state index contributed by atoms with van der Waals surface area (Å²) >= 11 is 0. The van der Waals surface area contributed by atoms with E-state index >= 15 is 0 Å². The van der Waals surface area contributed by atoms with Crippen LogP contribution in [0.4, 0.5) is 8.78 Å². The Hall–Kier alpha value is -2.51. The number of likely N-dealkylation sites (tertiary alicyclic amines) is 1. The lowest BCUT2D eigenvalue weighted by Crippen LogP contribution is -2.38. The van der Waals surface area contributed by atoms with Crippen LogP contribution in [0.2, 0.25) is 0 Å². The fourth-order valence-electron chi connectivity index (χ4n) is 3.95. The van der Waals surface area contributed by atoms with Crippen molar-refractivity contribution in [2.75, 3.05) is 13.1 Å². The molecule has 4 rings (SSSR count). The van der Waals surface area contributed by atoms with Gasteiger partial charge in [0.05, 0.1) is 0 Å². The molecule has 2 aromatic rings. The molecule has 1 spiro atoms. The summed E-state index contributed by atoms with van der Waals surface area (Å²) in [6, 6.07) is 4.15. The average molecular weight is 335 g/mol. The Bertz CT molecular complexity index is 856. The molecule has 1 N–H and O–H groups in total. The van der Waals surface area contributed by atoms with Gasteiger partial charge < -0.3 is 4.90 Å². The van der Waals surface area contributed by atoms with E-state index in [1.54, 1.807) is 6.07 Å². The van der Waals surface area contributed by atoms with E-state index in [9.17, 15) is 18.4 Å². The molecule has 1 aromatic heterocycles. The van der Waals surface area contributed by atoms with Gasteiger partial charge in [-0.2, -0.15) is 0 Å². The van der Waals surface area contributed by atoms with Crippen molar-refractivity contribution in [1.82, 2.24) is 15.0 Å². The quantitative estimate of drug-likeness (QED) is 0.911. The van der Waals surface area contributed by atoms with Crippen molar-refractivity contribution in [1.29, 1.82) is 0 Å². The average Bonchev–Trinajstić information content (AvgIpc) is 3.13. The van der Waals surface area contributed by atoms with Crippen LogP contribution in [0.15, 0.2) is 27.5 Å². The molecule has 1 aliphatic heterocycles. The van der Waals surface area contributed by atoms with Gasteiger partial charge in [-0.15, -0.1) is 0 Å². The monoisotopic (exact) mass is 335 g/mol. The summed E-state index contributed by atoms with van der Waals surface area (Å²) in [5.74, 6) is -3.44. The van der Waals surface area contributed by atoms with Gasteiger partial charge in [-0.25, -0.2) is 13.6 Å². The van der Waals surface area contributed by atoms with Gasteiger partial charge in [-0.3, -0.25) is 14.3 Å². The van der Waals surface area contributed by atoms with Crippen LogP contribution < -0.4 is 5.76 Å². The van der Waals surface area contributed by atoms with Crippen molar-refractivity contribution in [3.63, 3.8) is 0 Å². The number of nitrogens with zero attached hydrogens (tertiary/aromatic N) is 2. The molecule has 24 heavy (non-hydrogen) atoms. The van der Waals surface area contributed by atoms with E-state index in [2.05, 4.69) is 14.7 Å². The standard InChI is InChI=1S/C16H15F2N3O3/c17-11-4-1-3-9(12(11)18)10-7-21(8-16(10)5-2-6-16)14(22)13-19-15(23)24-20-13/h1,3-4,10H,2,5-8H2,(H,19,20,23)/t10-/m1/s1. The van der Waals surface area contributed by atoms with Crippen molar-refractivity contribution in [2.45, 2.75) is 25.2 Å². The lowest BCUT2D eigenvalue weighted by molar-refractivity contribution is 0.0710. The highest BCUT2D eigenvalue weighted by molar-refractivity contribution is 5.90. The van der Waals surface area contributed by atoms with Gasteiger partial charge in [0, 0.05) is 19.0 Å². The molecule has 1 atom stereocenters. The van der Waals surface area contributed by atoms with E-state index in [1.807, 2.05) is 0 Å². The van der Waals surface area contributed by atoms with Gasteiger partial charge >= 0.3 is 5.76 Å². The van der Waals surface area contributed by atoms with E-state index in [0.29, 0.717) is 12.1 Å². The van der Waals surface area contributed by atoms with Gasteiger partial charge in [-0.1, -0.05) is 18.6 Å². The zero-order valence-corrected chi connectivity index (χ0v) is 12.7. The second kappa shape index (κ2) is 5.25. The van der Waals surface area contributed by atoms with Crippen LogP contribution in [-0.2, 0) is 0 Å². The Kier molecular flexibility index (Phi) is 3.29. The maximum atomic E-state index is 14.3. The second-order valence-electron chi connectivity index (χ2n) is 6.54. The highest BCUT2D eigenvalue weighted by Gasteiger charge is 2.53. The van der Waals surface area contributed by atoms with Crippen molar-refractivity contribution < 1.29 is 18.1 Å². The Labute approximate surface area is 135 Å². The summed E-state index contributed by atoms with van der Waals surface area (Å²) in [5, 5.41) is 3.41. The molecule has 0 bridgehead atoms. The number of halogens is 2. The largest absolute Gasteiger partial charge is 0.439 e. The Balaban J connectivity index is 1.67. The van der Waals surface area contributed by atoms with Crippen LogP contribution in [0, 0.1) is 17.0 Å². The molecule has 1 amide bonds. The van der Waals surface area contributed by atoms with Gasteiger partial charge in [0.15, 0.2) is 11.6 Å². The van der Waals surface area contributed by atoms with Gasteiger partial charge in [-0.05, 0) is 35.0 Å². The number of aromatic amines is 1. The summed E-state index contributed by atoms with van der Waals surface area (Å²) in [6.45, 7) is 0.690. The third-order valence-electron chi connectivity index (χ3n) is 5.28. The van der Waals surface area contributed by atoms with Crippen molar-refractivity contribution in [2.24, 2.45) is 5.41 Å². The first-order chi connectivity index (χ1) is 11.5. The number of H-pyrrole nitrogens is 1. The smallest absolute Gasteiger partial charge is 0.335 e.